The summed E-state index contributed by atoms with van der Waals surface area (Å²) in [5.74, 6) is 1.43. The van der Waals surface area contributed by atoms with Crippen LogP contribution in [0, 0.1) is 5.92 Å². The molecular formula is C15H24N6O2. The number of aryl methyl sites for hydroxylation is 1. The zero-order valence-corrected chi connectivity index (χ0v) is 13.3. The first-order chi connectivity index (χ1) is 11.1. The number of piperidine rings is 1. The molecule has 1 aromatic heterocycles. The van der Waals surface area contributed by atoms with Crippen LogP contribution >= 0.6 is 0 Å². The molecule has 3 rings (SSSR count). The summed E-state index contributed by atoms with van der Waals surface area (Å²) in [5, 5.41) is 11.4. The molecule has 126 valence electrons. The molecule has 0 bridgehead atoms. The largest absolute Gasteiger partial charge is 0.369 e. The number of carbonyl (C=O) groups excluding carboxylic acids is 2. The van der Waals surface area contributed by atoms with Crippen LogP contribution in [-0.4, -0.2) is 51.1 Å². The van der Waals surface area contributed by atoms with Crippen LogP contribution in [0.25, 0.3) is 0 Å². The van der Waals surface area contributed by atoms with Gasteiger partial charge in [-0.15, -0.1) is 10.2 Å². The Hall–Kier alpha value is -1.96. The smallest absolute Gasteiger partial charge is 0.231 e. The number of nitrogens with one attached hydrogen (secondary N) is 1. The van der Waals surface area contributed by atoms with E-state index in [0.717, 1.165) is 56.8 Å². The molecule has 0 radical (unpaired) electrons. The van der Waals surface area contributed by atoms with Crippen molar-refractivity contribution in [2.45, 2.75) is 45.2 Å². The van der Waals surface area contributed by atoms with Crippen LogP contribution in [0.5, 0.6) is 0 Å². The van der Waals surface area contributed by atoms with E-state index in [2.05, 4.69) is 20.1 Å². The minimum Gasteiger partial charge on any atom is -0.369 e. The highest BCUT2D eigenvalue weighted by atomic mass is 16.2. The van der Waals surface area contributed by atoms with Crippen molar-refractivity contribution in [2.24, 2.45) is 11.7 Å². The molecule has 8 heteroatoms. The standard InChI is InChI=1S/C15H24N6O2/c16-12(22)10-20-6-3-4-11(9-20)15(23)17-8-14-19-18-13-5-1-2-7-21(13)14/h11H,1-10H2,(H2,16,22)(H,17,23)/t11-/m0/s1. The number of nitrogens with zero attached hydrogens (tertiary/aromatic N) is 4. The maximum Gasteiger partial charge on any atom is 0.231 e. The van der Waals surface area contributed by atoms with Crippen molar-refractivity contribution in [3.05, 3.63) is 11.6 Å². The Balaban J connectivity index is 1.53. The number of primary amides is 1. The Morgan fingerprint density at radius 3 is 2.91 bits per heavy atom. The molecule has 0 aliphatic carbocycles. The van der Waals surface area contributed by atoms with Crippen LogP contribution in [0.1, 0.15) is 37.3 Å². The lowest BCUT2D eigenvalue weighted by Crippen LogP contribution is -2.45. The van der Waals surface area contributed by atoms with Crippen LogP contribution in [0.3, 0.4) is 0 Å². The van der Waals surface area contributed by atoms with E-state index in [0.29, 0.717) is 13.1 Å². The van der Waals surface area contributed by atoms with E-state index in [4.69, 9.17) is 5.73 Å². The number of carbonyl (C=O) groups is 2. The van der Waals surface area contributed by atoms with Crippen molar-refractivity contribution in [1.29, 1.82) is 0 Å². The van der Waals surface area contributed by atoms with Crippen LogP contribution < -0.4 is 11.1 Å². The maximum atomic E-state index is 12.4. The first-order valence-corrected chi connectivity index (χ1v) is 8.33. The number of rotatable bonds is 5. The van der Waals surface area contributed by atoms with E-state index in [1.807, 2.05) is 4.90 Å². The van der Waals surface area contributed by atoms with Gasteiger partial charge in [-0.1, -0.05) is 0 Å². The molecule has 1 saturated heterocycles. The maximum absolute atomic E-state index is 12.4. The normalized spacial score (nSPS) is 21.7. The Morgan fingerprint density at radius 2 is 2.09 bits per heavy atom. The van der Waals surface area contributed by atoms with Crippen LogP contribution in [0.2, 0.25) is 0 Å². The molecule has 0 unspecified atom stereocenters. The predicted octanol–water partition coefficient (Wildman–Crippen LogP) is -0.572. The average molecular weight is 320 g/mol. The fourth-order valence-electron chi connectivity index (χ4n) is 3.44. The molecule has 3 N–H and O–H groups in total. The molecule has 1 fully saturated rings. The number of nitrogens with two attached hydrogens (primary N) is 1. The summed E-state index contributed by atoms with van der Waals surface area (Å²) < 4.78 is 2.12. The van der Waals surface area contributed by atoms with Gasteiger partial charge in [0.25, 0.3) is 0 Å². The van der Waals surface area contributed by atoms with Gasteiger partial charge >= 0.3 is 0 Å². The second kappa shape index (κ2) is 7.08. The second-order valence-electron chi connectivity index (χ2n) is 6.40. The molecule has 2 aliphatic rings. The minimum absolute atomic E-state index is 0.0207. The fourth-order valence-corrected chi connectivity index (χ4v) is 3.44. The number of fused-ring (bicyclic) bond motifs is 1. The molecule has 0 spiro atoms. The van der Waals surface area contributed by atoms with Crippen molar-refractivity contribution in [3.8, 4) is 0 Å². The Bertz CT molecular complexity index is 585. The molecule has 3 heterocycles. The van der Waals surface area contributed by atoms with Gasteiger partial charge in [-0.25, -0.2) is 0 Å². The highest BCUT2D eigenvalue weighted by Gasteiger charge is 2.26. The Kier molecular flexibility index (Phi) is 4.90. The summed E-state index contributed by atoms with van der Waals surface area (Å²) in [6.07, 6.45) is 5.01. The van der Waals surface area contributed by atoms with Gasteiger partial charge in [-0.3, -0.25) is 14.5 Å². The van der Waals surface area contributed by atoms with E-state index < -0.39 is 0 Å². The Labute approximate surface area is 135 Å². The molecule has 8 nitrogen and oxygen atoms in total. The fraction of sp³-hybridized carbons (Fsp3) is 0.733. The van der Waals surface area contributed by atoms with Crippen LogP contribution in [0.15, 0.2) is 0 Å². The third-order valence-electron chi connectivity index (χ3n) is 4.61. The SMILES string of the molecule is NC(=O)CN1CCC[C@H](C(=O)NCc2nnc3n2CCCC3)C1. The van der Waals surface area contributed by atoms with Gasteiger partial charge < -0.3 is 15.6 Å². The molecule has 1 aromatic rings. The third-order valence-corrected chi connectivity index (χ3v) is 4.61. The van der Waals surface area contributed by atoms with E-state index in [-0.39, 0.29) is 24.3 Å². The van der Waals surface area contributed by atoms with Crippen LogP contribution in [-0.2, 0) is 29.1 Å². The van der Waals surface area contributed by atoms with Crippen LogP contribution in [0.4, 0.5) is 0 Å². The highest BCUT2D eigenvalue weighted by molar-refractivity contribution is 5.79. The van der Waals surface area contributed by atoms with E-state index in [9.17, 15) is 9.59 Å². The highest BCUT2D eigenvalue weighted by Crippen LogP contribution is 2.17. The second-order valence-corrected chi connectivity index (χ2v) is 6.40. The molecule has 2 amide bonds. The van der Waals surface area contributed by atoms with Gasteiger partial charge in [0.1, 0.15) is 5.82 Å². The average Bonchev–Trinajstić information content (AvgIpc) is 2.95. The van der Waals surface area contributed by atoms with Gasteiger partial charge in [0.2, 0.25) is 11.8 Å². The molecule has 23 heavy (non-hydrogen) atoms. The lowest BCUT2D eigenvalue weighted by molar-refractivity contribution is -0.128. The quantitative estimate of drug-likeness (QED) is 0.755. The molecule has 1 atom stereocenters. The zero-order chi connectivity index (χ0) is 16.2. The Morgan fingerprint density at radius 1 is 1.22 bits per heavy atom. The molecule has 0 saturated carbocycles. The molecule has 0 aromatic carbocycles. The van der Waals surface area contributed by atoms with E-state index in [1.165, 1.54) is 0 Å². The number of hydrogen-bond donors (Lipinski definition) is 2. The number of likely N-dealkylation sites (tertiary alicyclic amines) is 1. The van der Waals surface area contributed by atoms with E-state index in [1.54, 1.807) is 0 Å². The van der Waals surface area contributed by atoms with Crippen molar-refractivity contribution in [3.63, 3.8) is 0 Å². The van der Waals surface area contributed by atoms with E-state index >= 15 is 0 Å². The minimum atomic E-state index is -0.346. The summed E-state index contributed by atoms with van der Waals surface area (Å²) >= 11 is 0. The monoisotopic (exact) mass is 320 g/mol. The van der Waals surface area contributed by atoms with Crippen molar-refractivity contribution in [2.75, 3.05) is 19.6 Å². The number of hydrogen-bond acceptors (Lipinski definition) is 5. The van der Waals surface area contributed by atoms with Gasteiger partial charge in [-0.2, -0.15) is 0 Å². The predicted molar refractivity (Wildman–Crippen MR) is 83.2 cm³/mol. The van der Waals surface area contributed by atoms with Gasteiger partial charge in [0.15, 0.2) is 5.82 Å². The van der Waals surface area contributed by atoms with Gasteiger partial charge in [0, 0.05) is 19.5 Å². The first-order valence-electron chi connectivity index (χ1n) is 8.33. The molecule has 2 aliphatic heterocycles. The number of amides is 2. The topological polar surface area (TPSA) is 106 Å². The summed E-state index contributed by atoms with van der Waals surface area (Å²) in [4.78, 5) is 25.4. The van der Waals surface area contributed by atoms with Crippen molar-refractivity contribution >= 4 is 11.8 Å². The first kappa shape index (κ1) is 15.9. The summed E-state index contributed by atoms with van der Waals surface area (Å²) in [6, 6.07) is 0. The lowest BCUT2D eigenvalue weighted by Gasteiger charge is -2.30. The van der Waals surface area contributed by atoms with Gasteiger partial charge in [0.05, 0.1) is 19.0 Å². The van der Waals surface area contributed by atoms with Gasteiger partial charge in [-0.05, 0) is 32.2 Å². The molecular weight excluding hydrogens is 296 g/mol. The number of aromatic nitrogens is 3. The summed E-state index contributed by atoms with van der Waals surface area (Å²) in [6.45, 7) is 2.99. The lowest BCUT2D eigenvalue weighted by atomic mass is 9.97. The van der Waals surface area contributed by atoms with Crippen molar-refractivity contribution < 1.29 is 9.59 Å². The van der Waals surface area contributed by atoms with Crippen molar-refractivity contribution in [1.82, 2.24) is 25.0 Å². The zero-order valence-electron chi connectivity index (χ0n) is 13.3. The third kappa shape index (κ3) is 3.87. The summed E-state index contributed by atoms with van der Waals surface area (Å²) in [5.41, 5.74) is 5.23. The summed E-state index contributed by atoms with van der Waals surface area (Å²) in [7, 11) is 0.